The average molecular weight is 247 g/mol. The number of nitrogens with one attached hydrogen (secondary N) is 1. The molecule has 0 bridgehead atoms. The number of aryl methyl sites for hydroxylation is 1. The van der Waals surface area contributed by atoms with E-state index in [0.29, 0.717) is 0 Å². The molecule has 3 heteroatoms. The minimum atomic E-state index is 0.221. The molecule has 18 heavy (non-hydrogen) atoms. The van der Waals surface area contributed by atoms with E-state index in [-0.39, 0.29) is 5.54 Å². The molecule has 1 saturated heterocycles. The first-order valence-electron chi connectivity index (χ1n) is 6.87. The molecule has 1 N–H and O–H groups in total. The van der Waals surface area contributed by atoms with Crippen LogP contribution in [0.4, 0.5) is 5.69 Å². The number of hydrogen-bond donors (Lipinski definition) is 1. The maximum atomic E-state index is 4.38. The van der Waals surface area contributed by atoms with Gasteiger partial charge >= 0.3 is 0 Å². The Morgan fingerprint density at radius 2 is 2.17 bits per heavy atom. The highest BCUT2D eigenvalue weighted by molar-refractivity contribution is 5.45. The average Bonchev–Trinajstić information content (AvgIpc) is 2.75. The van der Waals surface area contributed by atoms with E-state index in [2.05, 4.69) is 48.1 Å². The number of pyridine rings is 1. The Bertz CT molecular complexity index is 378. The lowest BCUT2D eigenvalue weighted by atomic mass is 10.1. The fourth-order valence-electron chi connectivity index (χ4n) is 2.33. The molecule has 0 spiro atoms. The molecular formula is C15H25N3. The van der Waals surface area contributed by atoms with Crippen LogP contribution in [-0.2, 0) is 0 Å². The molecule has 0 aliphatic carbocycles. The highest BCUT2D eigenvalue weighted by atomic mass is 15.2. The summed E-state index contributed by atoms with van der Waals surface area (Å²) in [5, 5.41) is 3.60. The zero-order valence-electron chi connectivity index (χ0n) is 12.0. The van der Waals surface area contributed by atoms with Crippen LogP contribution in [0, 0.1) is 12.8 Å². The van der Waals surface area contributed by atoms with E-state index in [9.17, 15) is 0 Å². The molecule has 0 amide bonds. The van der Waals surface area contributed by atoms with E-state index in [1.165, 1.54) is 12.1 Å². The van der Waals surface area contributed by atoms with Crippen molar-refractivity contribution in [2.75, 3.05) is 24.5 Å². The number of anilines is 1. The third-order valence-electron chi connectivity index (χ3n) is 3.47. The summed E-state index contributed by atoms with van der Waals surface area (Å²) in [6.07, 6.45) is 3.27. The molecule has 1 aliphatic rings. The minimum Gasteiger partial charge on any atom is -0.370 e. The molecular weight excluding hydrogens is 222 g/mol. The Kier molecular flexibility index (Phi) is 3.91. The molecule has 0 radical (unpaired) electrons. The molecule has 0 saturated carbocycles. The van der Waals surface area contributed by atoms with Gasteiger partial charge in [-0.3, -0.25) is 4.98 Å². The molecule has 1 unspecified atom stereocenters. The Morgan fingerprint density at radius 1 is 1.39 bits per heavy atom. The van der Waals surface area contributed by atoms with Gasteiger partial charge in [0.25, 0.3) is 0 Å². The number of hydrogen-bond acceptors (Lipinski definition) is 3. The summed E-state index contributed by atoms with van der Waals surface area (Å²) >= 11 is 0. The van der Waals surface area contributed by atoms with Gasteiger partial charge in [0.1, 0.15) is 0 Å². The van der Waals surface area contributed by atoms with Gasteiger partial charge in [-0.25, -0.2) is 0 Å². The quantitative estimate of drug-likeness (QED) is 0.890. The van der Waals surface area contributed by atoms with Crippen LogP contribution in [0.3, 0.4) is 0 Å². The summed E-state index contributed by atoms with van der Waals surface area (Å²) in [4.78, 5) is 6.82. The first kappa shape index (κ1) is 13.3. The fourth-order valence-corrected chi connectivity index (χ4v) is 2.33. The highest BCUT2D eigenvalue weighted by Crippen LogP contribution is 2.23. The van der Waals surface area contributed by atoms with Crippen molar-refractivity contribution < 1.29 is 0 Å². The molecule has 1 aromatic rings. The summed E-state index contributed by atoms with van der Waals surface area (Å²) in [5.74, 6) is 0.755. The lowest BCUT2D eigenvalue weighted by molar-refractivity contribution is 0.383. The van der Waals surface area contributed by atoms with Gasteiger partial charge in [0.2, 0.25) is 0 Å². The third kappa shape index (κ3) is 3.70. The van der Waals surface area contributed by atoms with E-state index < -0.39 is 0 Å². The van der Waals surface area contributed by atoms with E-state index in [1.54, 1.807) is 0 Å². The monoisotopic (exact) mass is 247 g/mol. The van der Waals surface area contributed by atoms with Crippen molar-refractivity contribution in [3.05, 3.63) is 24.0 Å². The lowest BCUT2D eigenvalue weighted by Crippen LogP contribution is -2.39. The van der Waals surface area contributed by atoms with Crippen LogP contribution in [0.5, 0.6) is 0 Å². The van der Waals surface area contributed by atoms with Crippen molar-refractivity contribution in [1.29, 1.82) is 0 Å². The minimum absolute atomic E-state index is 0.221. The van der Waals surface area contributed by atoms with Crippen molar-refractivity contribution >= 4 is 5.69 Å². The normalized spacial score (nSPS) is 20.4. The largest absolute Gasteiger partial charge is 0.370 e. The highest BCUT2D eigenvalue weighted by Gasteiger charge is 2.23. The maximum absolute atomic E-state index is 4.38. The summed E-state index contributed by atoms with van der Waals surface area (Å²) in [7, 11) is 0. The van der Waals surface area contributed by atoms with E-state index >= 15 is 0 Å². The molecule has 3 nitrogen and oxygen atoms in total. The zero-order chi connectivity index (χ0) is 13.2. The Morgan fingerprint density at radius 3 is 2.78 bits per heavy atom. The summed E-state index contributed by atoms with van der Waals surface area (Å²) in [6.45, 7) is 12.1. The van der Waals surface area contributed by atoms with Crippen LogP contribution >= 0.6 is 0 Å². The zero-order valence-corrected chi connectivity index (χ0v) is 12.0. The van der Waals surface area contributed by atoms with Crippen LogP contribution in [-0.4, -0.2) is 30.2 Å². The van der Waals surface area contributed by atoms with Crippen molar-refractivity contribution in [2.24, 2.45) is 5.92 Å². The van der Waals surface area contributed by atoms with Gasteiger partial charge < -0.3 is 10.2 Å². The third-order valence-corrected chi connectivity index (χ3v) is 3.47. The van der Waals surface area contributed by atoms with Gasteiger partial charge in [-0.05, 0) is 52.2 Å². The van der Waals surface area contributed by atoms with E-state index in [1.807, 2.05) is 13.1 Å². The topological polar surface area (TPSA) is 28.2 Å². The van der Waals surface area contributed by atoms with Crippen molar-refractivity contribution in [2.45, 2.75) is 39.7 Å². The van der Waals surface area contributed by atoms with Gasteiger partial charge in [0, 0.05) is 30.9 Å². The van der Waals surface area contributed by atoms with Gasteiger partial charge in [-0.2, -0.15) is 0 Å². The predicted molar refractivity (Wildman–Crippen MR) is 77.0 cm³/mol. The van der Waals surface area contributed by atoms with Crippen LogP contribution in [0.25, 0.3) is 0 Å². The van der Waals surface area contributed by atoms with Gasteiger partial charge in [-0.1, -0.05) is 0 Å². The molecule has 1 aliphatic heterocycles. The smallest absolute Gasteiger partial charge is 0.0553 e. The van der Waals surface area contributed by atoms with Gasteiger partial charge in [0.15, 0.2) is 0 Å². The Hall–Kier alpha value is -1.09. The number of rotatable bonds is 3. The summed E-state index contributed by atoms with van der Waals surface area (Å²) < 4.78 is 0. The van der Waals surface area contributed by atoms with Crippen LogP contribution in [0.15, 0.2) is 18.3 Å². The molecule has 1 atom stereocenters. The molecule has 100 valence electrons. The van der Waals surface area contributed by atoms with Crippen molar-refractivity contribution in [1.82, 2.24) is 10.3 Å². The van der Waals surface area contributed by atoms with Crippen LogP contribution < -0.4 is 10.2 Å². The standard InChI is InChI=1S/C15H25N3/c1-12-5-6-14(10-16-12)18-8-7-13(11-18)9-17-15(2,3)4/h5-6,10,13,17H,7-9,11H2,1-4H3. The SMILES string of the molecule is Cc1ccc(N2CCC(CNC(C)(C)C)C2)cn1. The van der Waals surface area contributed by atoms with Crippen LogP contribution in [0.2, 0.25) is 0 Å². The first-order chi connectivity index (χ1) is 8.44. The van der Waals surface area contributed by atoms with Gasteiger partial charge in [-0.15, -0.1) is 0 Å². The second kappa shape index (κ2) is 5.27. The number of nitrogens with zero attached hydrogens (tertiary/aromatic N) is 2. The van der Waals surface area contributed by atoms with Crippen LogP contribution in [0.1, 0.15) is 32.9 Å². The summed E-state index contributed by atoms with van der Waals surface area (Å²) in [5.41, 5.74) is 2.57. The van der Waals surface area contributed by atoms with Gasteiger partial charge in [0.05, 0.1) is 11.9 Å². The molecule has 1 fully saturated rings. The fraction of sp³-hybridized carbons (Fsp3) is 0.667. The molecule has 0 aromatic carbocycles. The second-order valence-corrected chi connectivity index (χ2v) is 6.39. The maximum Gasteiger partial charge on any atom is 0.0553 e. The second-order valence-electron chi connectivity index (χ2n) is 6.39. The van der Waals surface area contributed by atoms with Crippen molar-refractivity contribution in [3.8, 4) is 0 Å². The van der Waals surface area contributed by atoms with E-state index in [4.69, 9.17) is 0 Å². The molecule has 1 aromatic heterocycles. The first-order valence-corrected chi connectivity index (χ1v) is 6.87. The summed E-state index contributed by atoms with van der Waals surface area (Å²) in [6, 6.07) is 4.28. The molecule has 2 heterocycles. The van der Waals surface area contributed by atoms with Crippen molar-refractivity contribution in [3.63, 3.8) is 0 Å². The Balaban J connectivity index is 1.86. The predicted octanol–water partition coefficient (Wildman–Crippen LogP) is 2.60. The Labute approximate surface area is 111 Å². The lowest BCUT2D eigenvalue weighted by Gasteiger charge is -2.23. The molecule has 2 rings (SSSR count). The van der Waals surface area contributed by atoms with E-state index in [0.717, 1.165) is 31.2 Å². The number of aromatic nitrogens is 1.